The average molecular weight is 301 g/mol. The number of nitrogens with two attached hydrogens (primary N) is 1. The molecule has 0 spiro atoms. The minimum absolute atomic E-state index is 0.227. The van der Waals surface area contributed by atoms with Gasteiger partial charge in [-0.1, -0.05) is 11.8 Å². The molecule has 0 atom stereocenters. The molecule has 21 heavy (non-hydrogen) atoms. The molecule has 0 aliphatic carbocycles. The standard InChI is InChI=1S/C17H16FNOS/c1-20-16-7-4-13(3-2-10-19)14(11-16)12-21-17-8-5-15(18)6-9-17/h4-9,11H,10,12,19H2,1H3. The Labute approximate surface area is 128 Å². The predicted molar refractivity (Wildman–Crippen MR) is 84.9 cm³/mol. The summed E-state index contributed by atoms with van der Waals surface area (Å²) in [7, 11) is 1.64. The lowest BCUT2D eigenvalue weighted by molar-refractivity contribution is 0.414. The molecule has 0 heterocycles. The highest BCUT2D eigenvalue weighted by molar-refractivity contribution is 7.98. The molecule has 0 aliphatic rings. The van der Waals surface area contributed by atoms with Crippen molar-refractivity contribution in [2.45, 2.75) is 10.6 Å². The van der Waals surface area contributed by atoms with Gasteiger partial charge < -0.3 is 10.5 Å². The summed E-state index contributed by atoms with van der Waals surface area (Å²) in [5.41, 5.74) is 7.44. The van der Waals surface area contributed by atoms with Crippen molar-refractivity contribution in [3.05, 3.63) is 59.4 Å². The highest BCUT2D eigenvalue weighted by Crippen LogP contribution is 2.26. The summed E-state index contributed by atoms with van der Waals surface area (Å²) < 4.78 is 18.1. The molecule has 0 bridgehead atoms. The maximum absolute atomic E-state index is 12.9. The van der Waals surface area contributed by atoms with Gasteiger partial charge in [-0.05, 0) is 48.0 Å². The molecule has 0 saturated carbocycles. The van der Waals surface area contributed by atoms with Crippen molar-refractivity contribution >= 4 is 11.8 Å². The van der Waals surface area contributed by atoms with Crippen LogP contribution in [-0.4, -0.2) is 13.7 Å². The van der Waals surface area contributed by atoms with Gasteiger partial charge in [-0.2, -0.15) is 0 Å². The fourth-order valence-corrected chi connectivity index (χ4v) is 2.67. The van der Waals surface area contributed by atoms with Crippen molar-refractivity contribution in [2.75, 3.05) is 13.7 Å². The van der Waals surface area contributed by atoms with Crippen LogP contribution in [0.4, 0.5) is 4.39 Å². The minimum Gasteiger partial charge on any atom is -0.497 e. The van der Waals surface area contributed by atoms with Crippen molar-refractivity contribution in [2.24, 2.45) is 5.73 Å². The highest BCUT2D eigenvalue weighted by atomic mass is 32.2. The number of ether oxygens (including phenoxy) is 1. The first-order valence-corrected chi connectivity index (χ1v) is 7.45. The van der Waals surface area contributed by atoms with Crippen LogP contribution in [0, 0.1) is 17.7 Å². The van der Waals surface area contributed by atoms with Gasteiger partial charge in [0.25, 0.3) is 0 Å². The summed E-state index contributed by atoms with van der Waals surface area (Å²) in [6, 6.07) is 12.2. The fraction of sp³-hybridized carbons (Fsp3) is 0.176. The number of methoxy groups -OCH3 is 1. The van der Waals surface area contributed by atoms with Crippen molar-refractivity contribution < 1.29 is 9.13 Å². The zero-order chi connectivity index (χ0) is 15.1. The van der Waals surface area contributed by atoms with E-state index in [1.807, 2.05) is 18.2 Å². The number of hydrogen-bond acceptors (Lipinski definition) is 3. The van der Waals surface area contributed by atoms with E-state index in [2.05, 4.69) is 11.8 Å². The number of benzene rings is 2. The summed E-state index contributed by atoms with van der Waals surface area (Å²) in [6.45, 7) is 0.330. The molecule has 0 aromatic heterocycles. The van der Waals surface area contributed by atoms with Crippen LogP contribution in [0.2, 0.25) is 0 Å². The average Bonchev–Trinajstić information content (AvgIpc) is 2.52. The molecular weight excluding hydrogens is 285 g/mol. The van der Waals surface area contributed by atoms with Gasteiger partial charge in [0.2, 0.25) is 0 Å². The van der Waals surface area contributed by atoms with Gasteiger partial charge >= 0.3 is 0 Å². The second kappa shape index (κ2) is 7.72. The van der Waals surface area contributed by atoms with Crippen molar-refractivity contribution in [1.29, 1.82) is 0 Å². The summed E-state index contributed by atoms with van der Waals surface area (Å²) in [5.74, 6) is 7.23. The minimum atomic E-state index is -0.227. The third-order valence-corrected chi connectivity index (χ3v) is 3.91. The lowest BCUT2D eigenvalue weighted by Crippen LogP contribution is -1.95. The molecule has 2 rings (SSSR count). The first kappa shape index (κ1) is 15.4. The molecule has 0 amide bonds. The molecule has 0 saturated heterocycles. The zero-order valence-corrected chi connectivity index (χ0v) is 12.5. The van der Waals surface area contributed by atoms with E-state index in [1.54, 1.807) is 31.0 Å². The second-order valence-electron chi connectivity index (χ2n) is 4.27. The lowest BCUT2D eigenvalue weighted by Gasteiger charge is -2.08. The SMILES string of the molecule is COc1ccc(C#CCN)c(CSc2ccc(F)cc2)c1. The van der Waals surface area contributed by atoms with E-state index in [1.165, 1.54) is 12.1 Å². The van der Waals surface area contributed by atoms with Crippen LogP contribution >= 0.6 is 11.8 Å². The first-order valence-electron chi connectivity index (χ1n) is 6.47. The highest BCUT2D eigenvalue weighted by Gasteiger charge is 2.04. The van der Waals surface area contributed by atoms with Crippen molar-refractivity contribution in [1.82, 2.24) is 0 Å². The van der Waals surface area contributed by atoms with Gasteiger partial charge in [-0.15, -0.1) is 11.8 Å². The van der Waals surface area contributed by atoms with E-state index in [0.29, 0.717) is 6.54 Å². The van der Waals surface area contributed by atoms with E-state index in [9.17, 15) is 4.39 Å². The van der Waals surface area contributed by atoms with E-state index in [0.717, 1.165) is 27.5 Å². The van der Waals surface area contributed by atoms with Gasteiger partial charge in [-0.3, -0.25) is 0 Å². The quantitative estimate of drug-likeness (QED) is 0.694. The smallest absolute Gasteiger partial charge is 0.123 e. The van der Waals surface area contributed by atoms with Crippen LogP contribution in [0.5, 0.6) is 5.75 Å². The van der Waals surface area contributed by atoms with Crippen LogP contribution < -0.4 is 10.5 Å². The number of hydrogen-bond donors (Lipinski definition) is 1. The topological polar surface area (TPSA) is 35.2 Å². The molecule has 0 fully saturated rings. The third-order valence-electron chi connectivity index (χ3n) is 2.85. The van der Waals surface area contributed by atoms with Crippen molar-refractivity contribution in [3.63, 3.8) is 0 Å². The van der Waals surface area contributed by atoms with Gasteiger partial charge in [0.1, 0.15) is 11.6 Å². The largest absolute Gasteiger partial charge is 0.497 e. The third kappa shape index (κ3) is 4.52. The van der Waals surface area contributed by atoms with E-state index < -0.39 is 0 Å². The fourth-order valence-electron chi connectivity index (χ4n) is 1.78. The van der Waals surface area contributed by atoms with Crippen molar-refractivity contribution in [3.8, 4) is 17.6 Å². The Morgan fingerprint density at radius 1 is 1.19 bits per heavy atom. The Morgan fingerprint density at radius 2 is 1.95 bits per heavy atom. The van der Waals surface area contributed by atoms with E-state index in [4.69, 9.17) is 10.5 Å². The summed E-state index contributed by atoms with van der Waals surface area (Å²) in [6.07, 6.45) is 0. The Morgan fingerprint density at radius 3 is 2.62 bits per heavy atom. The molecule has 108 valence electrons. The second-order valence-corrected chi connectivity index (χ2v) is 5.32. The van der Waals surface area contributed by atoms with E-state index in [-0.39, 0.29) is 5.82 Å². The van der Waals surface area contributed by atoms with Crippen LogP contribution in [0.25, 0.3) is 0 Å². The van der Waals surface area contributed by atoms with Gasteiger partial charge in [0.05, 0.1) is 13.7 Å². The van der Waals surface area contributed by atoms with Gasteiger partial charge in [-0.25, -0.2) is 4.39 Å². The monoisotopic (exact) mass is 301 g/mol. The lowest BCUT2D eigenvalue weighted by atomic mass is 10.1. The number of halogens is 1. The van der Waals surface area contributed by atoms with Crippen LogP contribution in [0.15, 0.2) is 47.4 Å². The molecule has 4 heteroatoms. The molecule has 2 N–H and O–H groups in total. The number of rotatable bonds is 4. The maximum atomic E-state index is 12.9. The number of thioether (sulfide) groups is 1. The van der Waals surface area contributed by atoms with Gasteiger partial charge in [0, 0.05) is 16.2 Å². The molecule has 0 aliphatic heterocycles. The molecule has 2 aromatic rings. The van der Waals surface area contributed by atoms with Crippen LogP contribution in [0.1, 0.15) is 11.1 Å². The summed E-state index contributed by atoms with van der Waals surface area (Å²) >= 11 is 1.63. The molecular formula is C17H16FNOS. The van der Waals surface area contributed by atoms with Crippen LogP contribution in [-0.2, 0) is 5.75 Å². The molecule has 2 nitrogen and oxygen atoms in total. The first-order chi connectivity index (χ1) is 10.2. The van der Waals surface area contributed by atoms with Gasteiger partial charge in [0.15, 0.2) is 0 Å². The normalized spacial score (nSPS) is 9.86. The maximum Gasteiger partial charge on any atom is 0.123 e. The molecule has 0 unspecified atom stereocenters. The summed E-state index contributed by atoms with van der Waals surface area (Å²) in [4.78, 5) is 1.01. The van der Waals surface area contributed by atoms with E-state index >= 15 is 0 Å². The molecule has 2 aromatic carbocycles. The predicted octanol–water partition coefficient (Wildman–Crippen LogP) is 3.44. The summed E-state index contributed by atoms with van der Waals surface area (Å²) in [5, 5.41) is 0. The molecule has 0 radical (unpaired) electrons. The Kier molecular flexibility index (Phi) is 5.68. The Hall–Kier alpha value is -1.96. The Balaban J connectivity index is 2.18. The Bertz CT molecular complexity index is 659. The zero-order valence-electron chi connectivity index (χ0n) is 11.7. The van der Waals surface area contributed by atoms with Crippen LogP contribution in [0.3, 0.4) is 0 Å².